The fraction of sp³-hybridized carbons (Fsp3) is 0.571. The second kappa shape index (κ2) is 7.30. The average molecular weight is 238 g/mol. The van der Waals surface area contributed by atoms with E-state index < -0.39 is 0 Å². The Balaban J connectivity index is 2.50. The molecule has 0 aliphatic carbocycles. The molecule has 0 amide bonds. The SMILES string of the molecule is CCOC(COC(C)C)Cc1ccc(O)cc1. The molecule has 0 aromatic heterocycles. The highest BCUT2D eigenvalue weighted by molar-refractivity contribution is 5.26. The lowest BCUT2D eigenvalue weighted by molar-refractivity contribution is -0.0305. The standard InChI is InChI=1S/C14H22O3/c1-4-16-14(10-17-11(2)3)9-12-5-7-13(15)8-6-12/h5-8,11,14-15H,4,9-10H2,1-3H3. The van der Waals surface area contributed by atoms with E-state index in [0.29, 0.717) is 19.0 Å². The van der Waals surface area contributed by atoms with Crippen molar-refractivity contribution in [2.75, 3.05) is 13.2 Å². The molecule has 1 rings (SSSR count). The fourth-order valence-electron chi connectivity index (χ4n) is 1.60. The molecule has 0 saturated heterocycles. The van der Waals surface area contributed by atoms with Crippen LogP contribution in [0.1, 0.15) is 26.3 Å². The van der Waals surface area contributed by atoms with Gasteiger partial charge in [-0.1, -0.05) is 12.1 Å². The van der Waals surface area contributed by atoms with E-state index in [-0.39, 0.29) is 12.2 Å². The van der Waals surface area contributed by atoms with Crippen LogP contribution in [0.2, 0.25) is 0 Å². The summed E-state index contributed by atoms with van der Waals surface area (Å²) in [5.41, 5.74) is 1.15. The van der Waals surface area contributed by atoms with Crippen molar-refractivity contribution in [2.24, 2.45) is 0 Å². The predicted octanol–water partition coefficient (Wildman–Crippen LogP) is 2.76. The first kappa shape index (κ1) is 14.0. The number of hydrogen-bond donors (Lipinski definition) is 1. The topological polar surface area (TPSA) is 38.7 Å². The van der Waals surface area contributed by atoms with Crippen LogP contribution >= 0.6 is 0 Å². The number of ether oxygens (including phenoxy) is 2. The zero-order chi connectivity index (χ0) is 12.7. The monoisotopic (exact) mass is 238 g/mol. The maximum Gasteiger partial charge on any atom is 0.115 e. The minimum atomic E-state index is 0.0759. The van der Waals surface area contributed by atoms with Crippen LogP contribution in [0.25, 0.3) is 0 Å². The molecule has 3 heteroatoms. The van der Waals surface area contributed by atoms with Crippen molar-refractivity contribution in [2.45, 2.75) is 39.4 Å². The second-order valence-corrected chi connectivity index (χ2v) is 4.33. The molecule has 0 heterocycles. The molecule has 1 atom stereocenters. The van der Waals surface area contributed by atoms with E-state index in [2.05, 4.69) is 0 Å². The van der Waals surface area contributed by atoms with E-state index in [4.69, 9.17) is 9.47 Å². The molecule has 3 nitrogen and oxygen atoms in total. The Morgan fingerprint density at radius 2 is 1.76 bits per heavy atom. The molecule has 1 N–H and O–H groups in total. The lowest BCUT2D eigenvalue weighted by atomic mass is 10.1. The quantitative estimate of drug-likeness (QED) is 0.794. The molecule has 1 unspecified atom stereocenters. The smallest absolute Gasteiger partial charge is 0.115 e. The van der Waals surface area contributed by atoms with Crippen molar-refractivity contribution in [1.82, 2.24) is 0 Å². The fourth-order valence-corrected chi connectivity index (χ4v) is 1.60. The van der Waals surface area contributed by atoms with Gasteiger partial charge in [0.2, 0.25) is 0 Å². The Hall–Kier alpha value is -1.06. The van der Waals surface area contributed by atoms with Gasteiger partial charge in [-0.3, -0.25) is 0 Å². The molecule has 0 bridgehead atoms. The highest BCUT2D eigenvalue weighted by atomic mass is 16.5. The average Bonchev–Trinajstić information content (AvgIpc) is 2.29. The summed E-state index contributed by atoms with van der Waals surface area (Å²) in [6.07, 6.45) is 1.10. The number of phenols is 1. The first-order valence-corrected chi connectivity index (χ1v) is 6.13. The van der Waals surface area contributed by atoms with Crippen LogP contribution in [-0.4, -0.2) is 30.5 Å². The maximum absolute atomic E-state index is 9.21. The Bertz CT molecular complexity index is 306. The Kier molecular flexibility index (Phi) is 6.01. The van der Waals surface area contributed by atoms with Crippen LogP contribution in [0.5, 0.6) is 5.75 Å². The Morgan fingerprint density at radius 3 is 2.29 bits per heavy atom. The summed E-state index contributed by atoms with van der Waals surface area (Å²) in [7, 11) is 0. The van der Waals surface area contributed by atoms with Gasteiger partial charge in [0.15, 0.2) is 0 Å². The van der Waals surface area contributed by atoms with Gasteiger partial charge in [0.05, 0.1) is 18.8 Å². The number of benzene rings is 1. The normalized spacial score (nSPS) is 12.9. The maximum atomic E-state index is 9.21. The molecule has 17 heavy (non-hydrogen) atoms. The van der Waals surface area contributed by atoms with Gasteiger partial charge in [0.25, 0.3) is 0 Å². The van der Waals surface area contributed by atoms with Gasteiger partial charge in [0, 0.05) is 13.0 Å². The third-order valence-electron chi connectivity index (χ3n) is 2.42. The van der Waals surface area contributed by atoms with Gasteiger partial charge < -0.3 is 14.6 Å². The second-order valence-electron chi connectivity index (χ2n) is 4.33. The molecule has 0 radical (unpaired) electrons. The first-order chi connectivity index (χ1) is 8.11. The highest BCUT2D eigenvalue weighted by Gasteiger charge is 2.11. The first-order valence-electron chi connectivity index (χ1n) is 6.13. The molecule has 96 valence electrons. The molecule has 0 aliphatic rings. The van der Waals surface area contributed by atoms with Crippen LogP contribution in [0.4, 0.5) is 0 Å². The van der Waals surface area contributed by atoms with Crippen molar-refractivity contribution in [3.63, 3.8) is 0 Å². The summed E-state index contributed by atoms with van der Waals surface area (Å²) in [4.78, 5) is 0. The van der Waals surface area contributed by atoms with E-state index in [0.717, 1.165) is 12.0 Å². The molecule has 0 fully saturated rings. The molecule has 0 aliphatic heterocycles. The van der Waals surface area contributed by atoms with E-state index >= 15 is 0 Å². The summed E-state index contributed by atoms with van der Waals surface area (Å²) >= 11 is 0. The highest BCUT2D eigenvalue weighted by Crippen LogP contribution is 2.13. The lowest BCUT2D eigenvalue weighted by Crippen LogP contribution is -2.24. The van der Waals surface area contributed by atoms with Crippen LogP contribution in [-0.2, 0) is 15.9 Å². The number of hydrogen-bond acceptors (Lipinski definition) is 3. The molecular weight excluding hydrogens is 216 g/mol. The Labute approximate surface area is 103 Å². The molecular formula is C14H22O3. The van der Waals surface area contributed by atoms with Crippen molar-refractivity contribution in [1.29, 1.82) is 0 Å². The number of phenolic OH excluding ortho intramolecular Hbond substituents is 1. The molecule has 1 aromatic carbocycles. The van der Waals surface area contributed by atoms with Gasteiger partial charge in [-0.05, 0) is 38.5 Å². The van der Waals surface area contributed by atoms with Gasteiger partial charge in [0.1, 0.15) is 5.75 Å². The van der Waals surface area contributed by atoms with Crippen LogP contribution in [0, 0.1) is 0 Å². The summed E-state index contributed by atoms with van der Waals surface area (Å²) in [5.74, 6) is 0.292. The van der Waals surface area contributed by atoms with Gasteiger partial charge in [-0.25, -0.2) is 0 Å². The zero-order valence-electron chi connectivity index (χ0n) is 10.8. The lowest BCUT2D eigenvalue weighted by Gasteiger charge is -2.18. The van der Waals surface area contributed by atoms with Crippen molar-refractivity contribution in [3.8, 4) is 5.75 Å². The molecule has 1 aromatic rings. The summed E-state index contributed by atoms with van der Waals surface area (Å²) < 4.78 is 11.2. The minimum Gasteiger partial charge on any atom is -0.508 e. The third-order valence-corrected chi connectivity index (χ3v) is 2.42. The Morgan fingerprint density at radius 1 is 1.12 bits per heavy atom. The minimum absolute atomic E-state index is 0.0759. The summed E-state index contributed by atoms with van der Waals surface area (Å²) in [5, 5.41) is 9.21. The van der Waals surface area contributed by atoms with E-state index in [1.54, 1.807) is 12.1 Å². The van der Waals surface area contributed by atoms with Crippen molar-refractivity contribution >= 4 is 0 Å². The van der Waals surface area contributed by atoms with Gasteiger partial charge >= 0.3 is 0 Å². The van der Waals surface area contributed by atoms with Crippen LogP contribution in [0.3, 0.4) is 0 Å². The predicted molar refractivity (Wildman–Crippen MR) is 68.3 cm³/mol. The number of rotatable bonds is 7. The van der Waals surface area contributed by atoms with Crippen LogP contribution < -0.4 is 0 Å². The summed E-state index contributed by atoms with van der Waals surface area (Å²) in [6.45, 7) is 7.31. The largest absolute Gasteiger partial charge is 0.508 e. The molecule has 0 spiro atoms. The van der Waals surface area contributed by atoms with E-state index in [1.165, 1.54) is 0 Å². The van der Waals surface area contributed by atoms with E-state index in [1.807, 2.05) is 32.9 Å². The van der Waals surface area contributed by atoms with Crippen molar-refractivity contribution < 1.29 is 14.6 Å². The van der Waals surface area contributed by atoms with Gasteiger partial charge in [-0.15, -0.1) is 0 Å². The van der Waals surface area contributed by atoms with Gasteiger partial charge in [-0.2, -0.15) is 0 Å². The van der Waals surface area contributed by atoms with E-state index in [9.17, 15) is 5.11 Å². The summed E-state index contributed by atoms with van der Waals surface area (Å²) in [6, 6.07) is 7.22. The molecule has 0 saturated carbocycles. The number of aromatic hydroxyl groups is 1. The van der Waals surface area contributed by atoms with Crippen LogP contribution in [0.15, 0.2) is 24.3 Å². The zero-order valence-corrected chi connectivity index (χ0v) is 10.8. The van der Waals surface area contributed by atoms with Crippen molar-refractivity contribution in [3.05, 3.63) is 29.8 Å². The third kappa shape index (κ3) is 5.71.